The Morgan fingerprint density at radius 1 is 0.380 bits per heavy atom. The predicted molar refractivity (Wildman–Crippen MR) is 232 cm³/mol. The van der Waals surface area contributed by atoms with Crippen molar-refractivity contribution in [3.8, 4) is 0 Å². The SMILES string of the molecule is C[Si](C)(C)O[Si](C)(C)O[Si](C)(C)CCc1ccc(NCc2ccc(CNc3ccc(CC[Si](C)(C)O[Si](C)(C)O[Si](C)(C)C)cc3)cc2)cc1. The minimum atomic E-state index is -2.10. The van der Waals surface area contributed by atoms with E-state index in [1.165, 1.54) is 22.3 Å². The molecule has 0 unspecified atom stereocenters. The molecular weight excluding hydrogens is 717 g/mol. The lowest BCUT2D eigenvalue weighted by Gasteiger charge is -2.37. The Hall–Kier alpha value is -1.60. The number of hydrogen-bond donors (Lipinski definition) is 2. The lowest BCUT2D eigenvalue weighted by atomic mass is 10.1. The lowest BCUT2D eigenvalue weighted by molar-refractivity contribution is 0.390. The maximum absolute atomic E-state index is 6.69. The van der Waals surface area contributed by atoms with Gasteiger partial charge in [-0.25, -0.2) is 0 Å². The van der Waals surface area contributed by atoms with Gasteiger partial charge in [0.1, 0.15) is 0 Å². The summed E-state index contributed by atoms with van der Waals surface area (Å²) in [5, 5.41) is 7.18. The maximum Gasteiger partial charge on any atom is 0.311 e. The molecule has 0 aliphatic carbocycles. The third kappa shape index (κ3) is 17.3. The lowest BCUT2D eigenvalue weighted by Crippen LogP contribution is -2.51. The zero-order chi connectivity index (χ0) is 37.4. The van der Waals surface area contributed by atoms with Gasteiger partial charge in [-0.15, -0.1) is 0 Å². The summed E-state index contributed by atoms with van der Waals surface area (Å²) in [6.07, 6.45) is 2.08. The molecule has 0 radical (unpaired) electrons. The van der Waals surface area contributed by atoms with E-state index in [1.807, 2.05) is 0 Å². The first-order valence-corrected chi connectivity index (χ1v) is 37.1. The Bertz CT molecular complexity index is 1360. The zero-order valence-corrected chi connectivity index (χ0v) is 39.8. The number of rotatable bonds is 20. The van der Waals surface area contributed by atoms with E-state index in [0.29, 0.717) is 0 Å². The summed E-state index contributed by atoms with van der Waals surface area (Å²) in [7, 11) is -11.0. The number of aryl methyl sites for hydroxylation is 2. The predicted octanol–water partition coefficient (Wildman–Crippen LogP) is 11.5. The molecule has 0 amide bonds. The number of benzene rings is 3. The summed E-state index contributed by atoms with van der Waals surface area (Å²) in [6.45, 7) is 33.3. The smallest absolute Gasteiger partial charge is 0.311 e. The highest BCUT2D eigenvalue weighted by Gasteiger charge is 2.38. The van der Waals surface area contributed by atoms with E-state index in [9.17, 15) is 0 Å². The fourth-order valence-electron chi connectivity index (χ4n) is 6.60. The Morgan fingerprint density at radius 3 is 0.940 bits per heavy atom. The average Bonchev–Trinajstić information content (AvgIpc) is 2.95. The van der Waals surface area contributed by atoms with Crippen molar-refractivity contribution in [3.05, 3.63) is 95.1 Å². The molecule has 0 aliphatic rings. The topological polar surface area (TPSA) is 61.0 Å². The minimum Gasteiger partial charge on any atom is -0.437 e. The molecule has 6 nitrogen and oxygen atoms in total. The van der Waals surface area contributed by atoms with Crippen LogP contribution in [0.3, 0.4) is 0 Å². The van der Waals surface area contributed by atoms with Crippen LogP contribution < -0.4 is 10.6 Å². The summed E-state index contributed by atoms with van der Waals surface area (Å²) in [4.78, 5) is 0. The zero-order valence-electron chi connectivity index (χ0n) is 33.8. The first-order chi connectivity index (χ1) is 22.9. The number of hydrogen-bond acceptors (Lipinski definition) is 6. The van der Waals surface area contributed by atoms with Crippen molar-refractivity contribution < 1.29 is 16.5 Å². The van der Waals surface area contributed by atoms with Gasteiger partial charge >= 0.3 is 17.1 Å². The van der Waals surface area contributed by atoms with Crippen molar-refractivity contribution in [2.24, 2.45) is 0 Å². The molecule has 0 aliphatic heterocycles. The van der Waals surface area contributed by atoms with Gasteiger partial charge < -0.3 is 27.1 Å². The highest BCUT2D eigenvalue weighted by Crippen LogP contribution is 2.26. The van der Waals surface area contributed by atoms with Crippen molar-refractivity contribution in [1.29, 1.82) is 0 Å². The summed E-state index contributed by atoms with van der Waals surface area (Å²) in [5.74, 6) is 0. The first-order valence-electron chi connectivity index (χ1n) is 18.4. The van der Waals surface area contributed by atoms with Gasteiger partial charge in [0, 0.05) is 24.5 Å². The van der Waals surface area contributed by atoms with Crippen LogP contribution in [-0.2, 0) is 42.4 Å². The molecular formula is C38H68N2O4Si6. The Balaban J connectivity index is 1.40. The largest absolute Gasteiger partial charge is 0.437 e. The van der Waals surface area contributed by atoms with Crippen molar-refractivity contribution in [2.75, 3.05) is 10.6 Å². The van der Waals surface area contributed by atoms with Crippen LogP contribution in [0.1, 0.15) is 22.3 Å². The highest BCUT2D eigenvalue weighted by atomic mass is 28.5. The van der Waals surface area contributed by atoms with Crippen LogP contribution in [0.5, 0.6) is 0 Å². The summed E-state index contributed by atoms with van der Waals surface area (Å²) >= 11 is 0. The van der Waals surface area contributed by atoms with Gasteiger partial charge in [-0.2, -0.15) is 0 Å². The normalized spacial score (nSPS) is 13.4. The van der Waals surface area contributed by atoms with E-state index < -0.39 is 50.4 Å². The van der Waals surface area contributed by atoms with Crippen molar-refractivity contribution in [1.82, 2.24) is 0 Å². The molecule has 0 saturated heterocycles. The van der Waals surface area contributed by atoms with Crippen LogP contribution in [0.15, 0.2) is 72.8 Å². The molecule has 0 atom stereocenters. The van der Waals surface area contributed by atoms with Crippen molar-refractivity contribution in [3.63, 3.8) is 0 Å². The molecule has 50 heavy (non-hydrogen) atoms. The molecule has 2 N–H and O–H groups in total. The van der Waals surface area contributed by atoms with Crippen LogP contribution >= 0.6 is 0 Å². The second-order valence-corrected chi connectivity index (χ2v) is 43.2. The van der Waals surface area contributed by atoms with Crippen molar-refractivity contribution >= 4 is 61.8 Å². The molecule has 0 fully saturated rings. The van der Waals surface area contributed by atoms with E-state index >= 15 is 0 Å². The molecule has 0 aromatic heterocycles. The van der Waals surface area contributed by atoms with Gasteiger partial charge in [-0.1, -0.05) is 48.5 Å². The molecule has 278 valence electrons. The van der Waals surface area contributed by atoms with Gasteiger partial charge in [0.2, 0.25) is 0 Å². The van der Waals surface area contributed by atoms with E-state index in [-0.39, 0.29) is 0 Å². The van der Waals surface area contributed by atoms with Crippen LogP contribution in [0.25, 0.3) is 0 Å². The second kappa shape index (κ2) is 17.5. The van der Waals surface area contributed by atoms with Crippen molar-refractivity contribution in [2.45, 2.75) is 130 Å². The third-order valence-electron chi connectivity index (χ3n) is 8.10. The fraction of sp³-hybridized carbons (Fsp3) is 0.526. The quantitative estimate of drug-likeness (QED) is 0.111. The standard InChI is InChI=1S/C38H68N2O4Si6/c1-45(2,3)41-49(11,12)43-47(7,8)29-27-33-19-23-37(24-20-33)39-31-35-15-17-36(18-16-35)32-40-38-25-21-34(22-26-38)28-30-48(9,10)44-50(13,14)42-46(4,5)6/h15-26,39-40H,27-32H2,1-14H3. The first kappa shape index (κ1) is 42.8. The van der Waals surface area contributed by atoms with E-state index in [2.05, 4.69) is 175 Å². The molecule has 0 heterocycles. The molecule has 0 bridgehead atoms. The number of anilines is 2. The maximum atomic E-state index is 6.69. The molecule has 3 rings (SSSR count). The summed E-state index contributed by atoms with van der Waals surface area (Å²) in [6, 6.07) is 28.9. The van der Waals surface area contributed by atoms with Gasteiger partial charge in [0.05, 0.1) is 0 Å². The van der Waals surface area contributed by atoms with Gasteiger partial charge in [-0.3, -0.25) is 0 Å². The average molecular weight is 785 g/mol. The molecule has 3 aromatic rings. The Morgan fingerprint density at radius 2 is 0.660 bits per heavy atom. The molecule has 12 heteroatoms. The van der Waals surface area contributed by atoms with Crippen LogP contribution in [-0.4, -0.2) is 50.4 Å². The van der Waals surface area contributed by atoms with E-state index in [1.54, 1.807) is 0 Å². The van der Waals surface area contributed by atoms with E-state index in [0.717, 1.165) is 49.4 Å². The molecule has 3 aromatic carbocycles. The van der Waals surface area contributed by atoms with Gasteiger partial charge in [0.25, 0.3) is 0 Å². The monoisotopic (exact) mass is 784 g/mol. The Labute approximate surface area is 312 Å². The second-order valence-electron chi connectivity index (χ2n) is 17.9. The minimum absolute atomic E-state index is 0.800. The van der Waals surface area contributed by atoms with Gasteiger partial charge in [-0.05, 0) is 163 Å². The Kier molecular flexibility index (Phi) is 15.0. The van der Waals surface area contributed by atoms with Crippen LogP contribution in [0, 0.1) is 0 Å². The fourth-order valence-corrected chi connectivity index (χ4v) is 32.7. The van der Waals surface area contributed by atoms with Crippen LogP contribution in [0.2, 0.25) is 104 Å². The van der Waals surface area contributed by atoms with E-state index in [4.69, 9.17) is 16.5 Å². The third-order valence-corrected chi connectivity index (χ3v) is 28.2. The highest BCUT2D eigenvalue weighted by molar-refractivity contribution is 6.88. The summed E-state index contributed by atoms with van der Waals surface area (Å²) in [5.41, 5.74) is 7.56. The number of nitrogens with one attached hydrogen (secondary N) is 2. The van der Waals surface area contributed by atoms with Gasteiger partial charge in [0.15, 0.2) is 33.3 Å². The van der Waals surface area contributed by atoms with Crippen LogP contribution in [0.4, 0.5) is 11.4 Å². The summed E-state index contributed by atoms with van der Waals surface area (Å²) < 4.78 is 26.3. The molecule has 0 saturated carbocycles. The molecule has 0 spiro atoms.